The SMILES string of the molecule is CC(C)(C)OC(=O)NCc1ccc(C2CNCC2C(N)=O)cc1. The van der Waals surface area contributed by atoms with Crippen LogP contribution in [0.2, 0.25) is 0 Å². The number of carbonyl (C=O) groups is 2. The summed E-state index contributed by atoms with van der Waals surface area (Å²) in [5, 5.41) is 5.93. The Morgan fingerprint density at radius 2 is 1.91 bits per heavy atom. The highest BCUT2D eigenvalue weighted by Gasteiger charge is 2.32. The second-order valence-electron chi connectivity index (χ2n) is 6.87. The van der Waals surface area contributed by atoms with E-state index in [9.17, 15) is 9.59 Å². The number of primary amides is 1. The van der Waals surface area contributed by atoms with E-state index >= 15 is 0 Å². The Kier molecular flexibility index (Phi) is 5.26. The Balaban J connectivity index is 1.92. The predicted molar refractivity (Wildman–Crippen MR) is 87.8 cm³/mol. The maximum absolute atomic E-state index is 11.6. The number of hydrogen-bond donors (Lipinski definition) is 3. The second kappa shape index (κ2) is 7.00. The minimum Gasteiger partial charge on any atom is -0.444 e. The number of alkyl carbamates (subject to hydrolysis) is 1. The van der Waals surface area contributed by atoms with Crippen LogP contribution in [0.4, 0.5) is 4.79 Å². The van der Waals surface area contributed by atoms with Crippen LogP contribution in [0.25, 0.3) is 0 Å². The summed E-state index contributed by atoms with van der Waals surface area (Å²) in [7, 11) is 0. The lowest BCUT2D eigenvalue weighted by Gasteiger charge is -2.20. The molecule has 2 unspecified atom stereocenters. The van der Waals surface area contributed by atoms with Crippen molar-refractivity contribution in [2.45, 2.75) is 38.8 Å². The Morgan fingerprint density at radius 3 is 2.48 bits per heavy atom. The molecule has 6 nitrogen and oxygen atoms in total. The molecule has 2 atom stereocenters. The summed E-state index contributed by atoms with van der Waals surface area (Å²) in [5.74, 6) is -0.322. The Hall–Kier alpha value is -2.08. The number of nitrogens with two attached hydrogens (primary N) is 1. The van der Waals surface area contributed by atoms with Gasteiger partial charge in [-0.2, -0.15) is 0 Å². The molecule has 2 rings (SSSR count). The molecule has 0 spiro atoms. The van der Waals surface area contributed by atoms with Crippen LogP contribution in [0.3, 0.4) is 0 Å². The molecule has 0 aliphatic carbocycles. The first-order valence-electron chi connectivity index (χ1n) is 7.82. The largest absolute Gasteiger partial charge is 0.444 e. The van der Waals surface area contributed by atoms with E-state index in [4.69, 9.17) is 10.5 Å². The van der Waals surface area contributed by atoms with E-state index in [1.165, 1.54) is 0 Å². The molecule has 0 aromatic heterocycles. The van der Waals surface area contributed by atoms with E-state index < -0.39 is 11.7 Å². The molecule has 1 aliphatic rings. The maximum Gasteiger partial charge on any atom is 0.407 e. The first-order valence-corrected chi connectivity index (χ1v) is 7.82. The topological polar surface area (TPSA) is 93.4 Å². The Labute approximate surface area is 136 Å². The number of hydrogen-bond acceptors (Lipinski definition) is 4. The van der Waals surface area contributed by atoms with Crippen LogP contribution in [0.15, 0.2) is 24.3 Å². The van der Waals surface area contributed by atoms with Gasteiger partial charge in [-0.3, -0.25) is 4.79 Å². The molecule has 1 aromatic carbocycles. The van der Waals surface area contributed by atoms with Crippen molar-refractivity contribution in [3.8, 4) is 0 Å². The van der Waals surface area contributed by atoms with Gasteiger partial charge in [-0.05, 0) is 31.9 Å². The van der Waals surface area contributed by atoms with Gasteiger partial charge in [0.1, 0.15) is 5.60 Å². The molecule has 0 radical (unpaired) electrons. The lowest BCUT2D eigenvalue weighted by molar-refractivity contribution is -0.121. The van der Waals surface area contributed by atoms with E-state index in [-0.39, 0.29) is 17.7 Å². The zero-order valence-electron chi connectivity index (χ0n) is 13.9. The van der Waals surface area contributed by atoms with Crippen molar-refractivity contribution in [2.24, 2.45) is 11.7 Å². The zero-order valence-corrected chi connectivity index (χ0v) is 13.9. The van der Waals surface area contributed by atoms with Crippen LogP contribution in [-0.4, -0.2) is 30.7 Å². The van der Waals surface area contributed by atoms with Gasteiger partial charge in [0.25, 0.3) is 0 Å². The molecule has 4 N–H and O–H groups in total. The number of ether oxygens (including phenoxy) is 1. The van der Waals surface area contributed by atoms with Crippen molar-refractivity contribution in [2.75, 3.05) is 13.1 Å². The number of benzene rings is 1. The molecule has 126 valence electrons. The number of rotatable bonds is 4. The minimum atomic E-state index is -0.507. The van der Waals surface area contributed by atoms with E-state index in [0.29, 0.717) is 13.1 Å². The quantitative estimate of drug-likeness (QED) is 0.784. The molecule has 1 heterocycles. The van der Waals surface area contributed by atoms with E-state index in [1.54, 1.807) is 0 Å². The van der Waals surface area contributed by atoms with Gasteiger partial charge < -0.3 is 21.1 Å². The molecule has 1 fully saturated rings. The standard InChI is InChI=1S/C17H25N3O3/c1-17(2,3)23-16(22)20-8-11-4-6-12(7-5-11)13-9-19-10-14(13)15(18)21/h4-7,13-14,19H,8-10H2,1-3H3,(H2,18,21)(H,20,22). The highest BCUT2D eigenvalue weighted by Crippen LogP contribution is 2.28. The second-order valence-corrected chi connectivity index (χ2v) is 6.87. The van der Waals surface area contributed by atoms with Crippen molar-refractivity contribution in [1.29, 1.82) is 0 Å². The normalized spacial score (nSPS) is 21.0. The first kappa shape index (κ1) is 17.3. The molecular weight excluding hydrogens is 294 g/mol. The van der Waals surface area contributed by atoms with Gasteiger partial charge in [0.15, 0.2) is 0 Å². The molecule has 23 heavy (non-hydrogen) atoms. The van der Waals surface area contributed by atoms with Crippen LogP contribution in [0.5, 0.6) is 0 Å². The first-order chi connectivity index (χ1) is 10.8. The molecule has 1 saturated heterocycles. The van der Waals surface area contributed by atoms with Crippen molar-refractivity contribution in [1.82, 2.24) is 10.6 Å². The van der Waals surface area contributed by atoms with Gasteiger partial charge in [-0.25, -0.2) is 4.79 Å². The summed E-state index contributed by atoms with van der Waals surface area (Å²) in [4.78, 5) is 23.1. The lowest BCUT2D eigenvalue weighted by Crippen LogP contribution is -2.32. The average molecular weight is 319 g/mol. The third kappa shape index (κ3) is 4.96. The lowest BCUT2D eigenvalue weighted by atomic mass is 9.88. The zero-order chi connectivity index (χ0) is 17.0. The van der Waals surface area contributed by atoms with Crippen LogP contribution in [0, 0.1) is 5.92 Å². The predicted octanol–water partition coefficient (Wildman–Crippen LogP) is 1.50. The van der Waals surface area contributed by atoms with Gasteiger partial charge in [-0.15, -0.1) is 0 Å². The van der Waals surface area contributed by atoms with Crippen LogP contribution >= 0.6 is 0 Å². The van der Waals surface area contributed by atoms with Crippen LogP contribution in [0.1, 0.15) is 37.8 Å². The molecule has 1 aliphatic heterocycles. The van der Waals surface area contributed by atoms with Gasteiger partial charge in [-0.1, -0.05) is 24.3 Å². The summed E-state index contributed by atoms with van der Waals surface area (Å²) >= 11 is 0. The molecular formula is C17H25N3O3. The number of amides is 2. The minimum absolute atomic E-state index is 0.111. The summed E-state index contributed by atoms with van der Waals surface area (Å²) in [6.07, 6.45) is -0.435. The fourth-order valence-electron chi connectivity index (χ4n) is 2.70. The highest BCUT2D eigenvalue weighted by atomic mass is 16.6. The summed E-state index contributed by atoms with van der Waals surface area (Å²) in [6, 6.07) is 7.87. The number of carbonyl (C=O) groups excluding carboxylic acids is 2. The summed E-state index contributed by atoms with van der Waals surface area (Å²) in [5.41, 5.74) is 7.00. The summed E-state index contributed by atoms with van der Waals surface area (Å²) in [6.45, 7) is 7.26. The average Bonchev–Trinajstić information content (AvgIpc) is 2.93. The van der Waals surface area contributed by atoms with Crippen molar-refractivity contribution < 1.29 is 14.3 Å². The van der Waals surface area contributed by atoms with Crippen molar-refractivity contribution >= 4 is 12.0 Å². The van der Waals surface area contributed by atoms with Crippen molar-refractivity contribution in [3.63, 3.8) is 0 Å². The monoisotopic (exact) mass is 319 g/mol. The van der Waals surface area contributed by atoms with Crippen LogP contribution in [-0.2, 0) is 16.1 Å². The molecule has 0 bridgehead atoms. The molecule has 2 amide bonds. The molecule has 0 saturated carbocycles. The fraction of sp³-hybridized carbons (Fsp3) is 0.529. The van der Waals surface area contributed by atoms with E-state index in [0.717, 1.165) is 17.7 Å². The highest BCUT2D eigenvalue weighted by molar-refractivity contribution is 5.78. The number of nitrogens with one attached hydrogen (secondary N) is 2. The molecule has 6 heteroatoms. The van der Waals surface area contributed by atoms with Gasteiger partial charge >= 0.3 is 6.09 Å². The van der Waals surface area contributed by atoms with E-state index in [1.807, 2.05) is 45.0 Å². The smallest absolute Gasteiger partial charge is 0.407 e. The molecule has 1 aromatic rings. The van der Waals surface area contributed by atoms with Gasteiger partial charge in [0.2, 0.25) is 5.91 Å². The third-order valence-corrected chi connectivity index (χ3v) is 3.82. The maximum atomic E-state index is 11.6. The third-order valence-electron chi connectivity index (χ3n) is 3.82. The summed E-state index contributed by atoms with van der Waals surface area (Å²) < 4.78 is 5.20. The fourth-order valence-corrected chi connectivity index (χ4v) is 2.70. The Bertz CT molecular complexity index is 563. The van der Waals surface area contributed by atoms with Gasteiger partial charge in [0.05, 0.1) is 5.92 Å². The van der Waals surface area contributed by atoms with Crippen molar-refractivity contribution in [3.05, 3.63) is 35.4 Å². The van der Waals surface area contributed by atoms with E-state index in [2.05, 4.69) is 10.6 Å². The van der Waals surface area contributed by atoms with Gasteiger partial charge in [0, 0.05) is 25.6 Å². The Morgan fingerprint density at radius 1 is 1.26 bits per heavy atom. The van der Waals surface area contributed by atoms with Crippen LogP contribution < -0.4 is 16.4 Å².